The fraction of sp³-hybridized carbons (Fsp3) is 0.923. The molecule has 18 heavy (non-hydrogen) atoms. The second-order valence-corrected chi connectivity index (χ2v) is 5.80. The van der Waals surface area contributed by atoms with Gasteiger partial charge in [0.15, 0.2) is 0 Å². The zero-order chi connectivity index (χ0) is 13.4. The number of ether oxygens (including phenoxy) is 2. The largest absolute Gasteiger partial charge is 0.447 e. The molecule has 5 heteroatoms. The second-order valence-electron chi connectivity index (χ2n) is 5.80. The lowest BCUT2D eigenvalue weighted by atomic mass is 10.0. The third kappa shape index (κ3) is 7.50. The van der Waals surface area contributed by atoms with Crippen molar-refractivity contribution in [1.29, 1.82) is 0 Å². The molecule has 0 aromatic rings. The van der Waals surface area contributed by atoms with Gasteiger partial charge in [0.1, 0.15) is 6.61 Å². The average Bonchev–Trinajstić information content (AvgIpc) is 2.27. The van der Waals surface area contributed by atoms with Gasteiger partial charge in [-0.25, -0.2) is 4.79 Å². The van der Waals surface area contributed by atoms with E-state index in [4.69, 9.17) is 9.47 Å². The fourth-order valence-corrected chi connectivity index (χ4v) is 1.85. The average molecular weight is 258 g/mol. The summed E-state index contributed by atoms with van der Waals surface area (Å²) in [6.45, 7) is 9.42. The molecule has 0 aromatic carbocycles. The molecule has 0 radical (unpaired) electrons. The van der Waals surface area contributed by atoms with E-state index in [0.717, 1.165) is 19.7 Å². The Hall–Kier alpha value is -0.810. The van der Waals surface area contributed by atoms with Crippen LogP contribution in [0.3, 0.4) is 0 Å². The molecular weight excluding hydrogens is 232 g/mol. The number of piperidine rings is 1. The van der Waals surface area contributed by atoms with Crippen molar-refractivity contribution >= 4 is 6.09 Å². The van der Waals surface area contributed by atoms with E-state index in [1.807, 2.05) is 20.8 Å². The Kier molecular flexibility index (Phi) is 6.43. The van der Waals surface area contributed by atoms with Crippen LogP contribution in [-0.4, -0.2) is 44.5 Å². The van der Waals surface area contributed by atoms with Crippen molar-refractivity contribution in [2.45, 2.75) is 39.2 Å². The minimum absolute atomic E-state index is 0.258. The lowest BCUT2D eigenvalue weighted by Gasteiger charge is -2.22. The predicted octanol–water partition coefficient (Wildman–Crippen LogP) is 1.53. The highest BCUT2D eigenvalue weighted by molar-refractivity contribution is 5.67. The third-order valence-corrected chi connectivity index (χ3v) is 2.69. The standard InChI is InChI=1S/C13H26N2O3/c1-13(2,3)15-12(16)18-8-7-17-10-11-5-4-6-14-9-11/h11,14H,4-10H2,1-3H3,(H,15,16). The lowest BCUT2D eigenvalue weighted by Crippen LogP contribution is -2.41. The van der Waals surface area contributed by atoms with Crippen molar-refractivity contribution in [1.82, 2.24) is 10.6 Å². The molecule has 1 heterocycles. The van der Waals surface area contributed by atoms with Crippen molar-refractivity contribution in [3.05, 3.63) is 0 Å². The van der Waals surface area contributed by atoms with E-state index >= 15 is 0 Å². The topological polar surface area (TPSA) is 59.6 Å². The summed E-state index contributed by atoms with van der Waals surface area (Å²) in [6, 6.07) is 0. The summed E-state index contributed by atoms with van der Waals surface area (Å²) in [6.07, 6.45) is 2.06. The molecule has 0 spiro atoms. The highest BCUT2D eigenvalue weighted by Crippen LogP contribution is 2.09. The Labute approximate surface area is 110 Å². The van der Waals surface area contributed by atoms with E-state index in [9.17, 15) is 4.79 Å². The monoisotopic (exact) mass is 258 g/mol. The SMILES string of the molecule is CC(C)(C)NC(=O)OCCOCC1CCCNC1. The molecule has 0 aliphatic carbocycles. The maximum absolute atomic E-state index is 11.3. The first kappa shape index (κ1) is 15.2. The van der Waals surface area contributed by atoms with E-state index in [2.05, 4.69) is 10.6 Å². The van der Waals surface area contributed by atoms with Gasteiger partial charge in [-0.2, -0.15) is 0 Å². The predicted molar refractivity (Wildman–Crippen MR) is 70.6 cm³/mol. The summed E-state index contributed by atoms with van der Waals surface area (Å²) in [4.78, 5) is 11.3. The van der Waals surface area contributed by atoms with Gasteiger partial charge in [0.25, 0.3) is 0 Å². The molecule has 1 amide bonds. The quantitative estimate of drug-likeness (QED) is 0.734. The van der Waals surface area contributed by atoms with Crippen LogP contribution in [-0.2, 0) is 9.47 Å². The van der Waals surface area contributed by atoms with Gasteiger partial charge in [0.2, 0.25) is 0 Å². The van der Waals surface area contributed by atoms with Gasteiger partial charge in [-0.15, -0.1) is 0 Å². The first-order chi connectivity index (χ1) is 8.47. The van der Waals surface area contributed by atoms with E-state index in [-0.39, 0.29) is 11.6 Å². The van der Waals surface area contributed by atoms with Crippen LogP contribution in [0.15, 0.2) is 0 Å². The lowest BCUT2D eigenvalue weighted by molar-refractivity contribution is 0.0486. The Morgan fingerprint density at radius 1 is 1.39 bits per heavy atom. The van der Waals surface area contributed by atoms with Crippen molar-refractivity contribution in [3.8, 4) is 0 Å². The van der Waals surface area contributed by atoms with Crippen LogP contribution >= 0.6 is 0 Å². The molecule has 1 unspecified atom stereocenters. The molecule has 1 fully saturated rings. The maximum atomic E-state index is 11.3. The molecule has 1 aliphatic heterocycles. The van der Waals surface area contributed by atoms with Gasteiger partial charge in [0.05, 0.1) is 13.2 Å². The fourth-order valence-electron chi connectivity index (χ4n) is 1.85. The number of hydrogen-bond acceptors (Lipinski definition) is 4. The first-order valence-corrected chi connectivity index (χ1v) is 6.71. The van der Waals surface area contributed by atoms with Gasteiger partial charge in [-0.1, -0.05) is 0 Å². The smallest absolute Gasteiger partial charge is 0.407 e. The van der Waals surface area contributed by atoms with Crippen molar-refractivity contribution in [3.63, 3.8) is 0 Å². The number of amides is 1. The zero-order valence-corrected chi connectivity index (χ0v) is 11.8. The van der Waals surface area contributed by atoms with E-state index < -0.39 is 0 Å². The Morgan fingerprint density at radius 2 is 2.17 bits per heavy atom. The number of hydrogen-bond donors (Lipinski definition) is 2. The molecule has 1 saturated heterocycles. The number of alkyl carbamates (subject to hydrolysis) is 1. The maximum Gasteiger partial charge on any atom is 0.407 e. The molecular formula is C13H26N2O3. The Bertz CT molecular complexity index is 245. The molecule has 0 saturated carbocycles. The first-order valence-electron chi connectivity index (χ1n) is 6.71. The van der Waals surface area contributed by atoms with Gasteiger partial charge < -0.3 is 20.1 Å². The second kappa shape index (κ2) is 7.59. The summed E-state index contributed by atoms with van der Waals surface area (Å²) in [5, 5.41) is 6.08. The van der Waals surface area contributed by atoms with Crippen LogP contribution in [0.25, 0.3) is 0 Å². The number of nitrogens with one attached hydrogen (secondary N) is 2. The van der Waals surface area contributed by atoms with Crippen LogP contribution < -0.4 is 10.6 Å². The van der Waals surface area contributed by atoms with Gasteiger partial charge in [-0.3, -0.25) is 0 Å². The summed E-state index contributed by atoms with van der Waals surface area (Å²) in [5.74, 6) is 0.599. The Morgan fingerprint density at radius 3 is 2.78 bits per heavy atom. The van der Waals surface area contributed by atoms with Crippen molar-refractivity contribution < 1.29 is 14.3 Å². The van der Waals surface area contributed by atoms with Crippen LogP contribution in [0, 0.1) is 5.92 Å². The van der Waals surface area contributed by atoms with Crippen LogP contribution in [0.2, 0.25) is 0 Å². The minimum Gasteiger partial charge on any atom is -0.447 e. The zero-order valence-electron chi connectivity index (χ0n) is 11.8. The van der Waals surface area contributed by atoms with Crippen LogP contribution in [0.5, 0.6) is 0 Å². The van der Waals surface area contributed by atoms with Crippen LogP contribution in [0.1, 0.15) is 33.6 Å². The van der Waals surface area contributed by atoms with E-state index in [1.54, 1.807) is 0 Å². The molecule has 106 valence electrons. The summed E-state index contributed by atoms with van der Waals surface area (Å²) in [7, 11) is 0. The van der Waals surface area contributed by atoms with Gasteiger partial charge >= 0.3 is 6.09 Å². The molecule has 1 atom stereocenters. The number of carbonyl (C=O) groups excluding carboxylic acids is 1. The molecule has 1 aliphatic rings. The molecule has 5 nitrogen and oxygen atoms in total. The minimum atomic E-state index is -0.384. The third-order valence-electron chi connectivity index (χ3n) is 2.69. The van der Waals surface area contributed by atoms with Crippen LogP contribution in [0.4, 0.5) is 4.79 Å². The normalized spacial score (nSPS) is 20.5. The van der Waals surface area contributed by atoms with E-state index in [1.165, 1.54) is 12.8 Å². The number of carbonyl (C=O) groups is 1. The molecule has 2 N–H and O–H groups in total. The van der Waals surface area contributed by atoms with Crippen molar-refractivity contribution in [2.75, 3.05) is 32.9 Å². The highest BCUT2D eigenvalue weighted by Gasteiger charge is 2.15. The highest BCUT2D eigenvalue weighted by atomic mass is 16.6. The summed E-state index contributed by atoms with van der Waals surface area (Å²) < 4.78 is 10.5. The summed E-state index contributed by atoms with van der Waals surface area (Å²) in [5.41, 5.74) is -0.258. The van der Waals surface area contributed by atoms with Gasteiger partial charge in [0, 0.05) is 12.1 Å². The molecule has 0 bridgehead atoms. The van der Waals surface area contributed by atoms with Gasteiger partial charge in [-0.05, 0) is 46.1 Å². The van der Waals surface area contributed by atoms with E-state index in [0.29, 0.717) is 19.1 Å². The molecule has 1 rings (SSSR count). The molecule has 0 aromatic heterocycles. The number of rotatable bonds is 5. The van der Waals surface area contributed by atoms with Crippen molar-refractivity contribution in [2.24, 2.45) is 5.92 Å². The summed E-state index contributed by atoms with van der Waals surface area (Å²) >= 11 is 0. The Balaban J connectivity index is 1.96.